The molecule has 0 aromatic rings. The second kappa shape index (κ2) is 4.37. The Morgan fingerprint density at radius 1 is 1.45 bits per heavy atom. The SMILES string of the molecule is CC(C)C#CCOS(C)(=O)=O. The van der Waals surface area contributed by atoms with Gasteiger partial charge < -0.3 is 0 Å². The molecule has 0 heterocycles. The summed E-state index contributed by atoms with van der Waals surface area (Å²) in [4.78, 5) is 0. The van der Waals surface area contributed by atoms with Crippen molar-refractivity contribution in [2.24, 2.45) is 5.92 Å². The van der Waals surface area contributed by atoms with Crippen LogP contribution in [0.25, 0.3) is 0 Å². The predicted octanol–water partition coefficient (Wildman–Crippen LogP) is 0.622. The quantitative estimate of drug-likeness (QED) is 0.457. The van der Waals surface area contributed by atoms with Crippen LogP contribution in [0.3, 0.4) is 0 Å². The van der Waals surface area contributed by atoms with Crippen LogP contribution >= 0.6 is 0 Å². The fraction of sp³-hybridized carbons (Fsp3) is 0.714. The maximum atomic E-state index is 10.4. The van der Waals surface area contributed by atoms with Crippen molar-refractivity contribution in [1.82, 2.24) is 0 Å². The maximum Gasteiger partial charge on any atom is 0.265 e. The standard InChI is InChI=1S/C7H12O3S/c1-7(2)5-4-6-10-11(3,8)9/h7H,6H2,1-3H3. The summed E-state index contributed by atoms with van der Waals surface area (Å²) in [6, 6.07) is 0. The molecular weight excluding hydrogens is 164 g/mol. The van der Waals surface area contributed by atoms with Gasteiger partial charge in [-0.1, -0.05) is 25.7 Å². The Labute approximate surface area is 67.9 Å². The van der Waals surface area contributed by atoms with Gasteiger partial charge in [-0.25, -0.2) is 0 Å². The molecule has 0 radical (unpaired) electrons. The molecule has 0 rings (SSSR count). The van der Waals surface area contributed by atoms with Crippen LogP contribution in [-0.2, 0) is 14.3 Å². The summed E-state index contributed by atoms with van der Waals surface area (Å²) in [5.74, 6) is 5.62. The highest BCUT2D eigenvalue weighted by Gasteiger charge is 1.97. The molecule has 0 atom stereocenters. The molecule has 4 heteroatoms. The molecule has 0 fully saturated rings. The molecule has 0 N–H and O–H groups in total. The van der Waals surface area contributed by atoms with Gasteiger partial charge in [0.25, 0.3) is 10.1 Å². The lowest BCUT2D eigenvalue weighted by Crippen LogP contribution is -2.02. The van der Waals surface area contributed by atoms with Crippen molar-refractivity contribution in [2.75, 3.05) is 12.9 Å². The van der Waals surface area contributed by atoms with Crippen molar-refractivity contribution >= 4 is 10.1 Å². The van der Waals surface area contributed by atoms with Crippen LogP contribution < -0.4 is 0 Å². The fourth-order valence-corrected chi connectivity index (χ4v) is 0.655. The van der Waals surface area contributed by atoms with Gasteiger partial charge in [0.2, 0.25) is 0 Å². The van der Waals surface area contributed by atoms with Crippen LogP contribution in [0.4, 0.5) is 0 Å². The van der Waals surface area contributed by atoms with Crippen molar-refractivity contribution in [3.63, 3.8) is 0 Å². The molecule has 0 saturated heterocycles. The first-order valence-corrected chi connectivity index (χ1v) is 5.06. The van der Waals surface area contributed by atoms with E-state index in [4.69, 9.17) is 0 Å². The van der Waals surface area contributed by atoms with Crippen LogP contribution in [-0.4, -0.2) is 21.3 Å². The van der Waals surface area contributed by atoms with Gasteiger partial charge in [-0.15, -0.1) is 0 Å². The van der Waals surface area contributed by atoms with Crippen LogP contribution in [0.5, 0.6) is 0 Å². The first-order chi connectivity index (χ1) is 4.92. The van der Waals surface area contributed by atoms with Gasteiger partial charge in [-0.05, 0) is 0 Å². The largest absolute Gasteiger partial charge is 0.265 e. The summed E-state index contributed by atoms with van der Waals surface area (Å²) >= 11 is 0. The molecule has 0 aliphatic carbocycles. The molecule has 0 aromatic carbocycles. The smallest absolute Gasteiger partial charge is 0.257 e. The molecular formula is C7H12O3S. The van der Waals surface area contributed by atoms with Gasteiger partial charge in [0.05, 0.1) is 6.26 Å². The summed E-state index contributed by atoms with van der Waals surface area (Å²) in [5, 5.41) is 0. The fourth-order valence-electron chi connectivity index (χ4n) is 0.382. The topological polar surface area (TPSA) is 43.4 Å². The Morgan fingerprint density at radius 2 is 2.00 bits per heavy atom. The zero-order valence-corrected chi connectivity index (χ0v) is 7.73. The average Bonchev–Trinajstić information content (AvgIpc) is 1.78. The third-order valence-electron chi connectivity index (χ3n) is 0.736. The highest BCUT2D eigenvalue weighted by Crippen LogP contribution is 1.87. The first kappa shape index (κ1) is 10.5. The van der Waals surface area contributed by atoms with Gasteiger partial charge in [-0.3, -0.25) is 4.18 Å². The lowest BCUT2D eigenvalue weighted by atomic mass is 10.2. The van der Waals surface area contributed by atoms with Crippen LogP contribution in [0, 0.1) is 17.8 Å². The Balaban J connectivity index is 3.70. The van der Waals surface area contributed by atoms with E-state index >= 15 is 0 Å². The predicted molar refractivity (Wildman–Crippen MR) is 43.4 cm³/mol. The molecule has 11 heavy (non-hydrogen) atoms. The molecule has 0 aromatic heterocycles. The van der Waals surface area contributed by atoms with Crippen LogP contribution in [0.1, 0.15) is 13.8 Å². The molecule has 64 valence electrons. The Kier molecular flexibility index (Phi) is 4.16. The Morgan fingerprint density at radius 3 is 2.36 bits per heavy atom. The minimum atomic E-state index is -3.32. The maximum absolute atomic E-state index is 10.4. The number of hydrogen-bond donors (Lipinski definition) is 0. The lowest BCUT2D eigenvalue weighted by Gasteiger charge is -1.92. The second-order valence-electron chi connectivity index (χ2n) is 2.44. The first-order valence-electron chi connectivity index (χ1n) is 3.24. The molecule has 0 amide bonds. The summed E-state index contributed by atoms with van der Waals surface area (Å²) in [7, 11) is -3.32. The van der Waals surface area contributed by atoms with Gasteiger partial charge >= 0.3 is 0 Å². The van der Waals surface area contributed by atoms with Crippen molar-refractivity contribution in [3.05, 3.63) is 0 Å². The van der Waals surface area contributed by atoms with Crippen molar-refractivity contribution < 1.29 is 12.6 Å². The molecule has 3 nitrogen and oxygen atoms in total. The van der Waals surface area contributed by atoms with Gasteiger partial charge in [0, 0.05) is 5.92 Å². The van der Waals surface area contributed by atoms with Crippen molar-refractivity contribution in [2.45, 2.75) is 13.8 Å². The van der Waals surface area contributed by atoms with E-state index in [2.05, 4.69) is 16.0 Å². The normalized spacial score (nSPS) is 10.9. The van der Waals surface area contributed by atoms with E-state index in [0.29, 0.717) is 0 Å². The highest BCUT2D eigenvalue weighted by atomic mass is 32.2. The molecule has 0 aliphatic heterocycles. The zero-order valence-electron chi connectivity index (χ0n) is 6.92. The van der Waals surface area contributed by atoms with Crippen molar-refractivity contribution in [3.8, 4) is 11.8 Å². The summed E-state index contributed by atoms with van der Waals surface area (Å²) < 4.78 is 25.2. The van der Waals surface area contributed by atoms with E-state index in [9.17, 15) is 8.42 Å². The number of hydrogen-bond acceptors (Lipinski definition) is 3. The number of rotatable bonds is 2. The van der Waals surface area contributed by atoms with E-state index < -0.39 is 10.1 Å². The van der Waals surface area contributed by atoms with Crippen molar-refractivity contribution in [1.29, 1.82) is 0 Å². The average molecular weight is 176 g/mol. The third-order valence-corrected chi connectivity index (χ3v) is 1.28. The Bertz CT molecular complexity index is 253. The molecule has 0 saturated carbocycles. The molecule has 0 spiro atoms. The summed E-state index contributed by atoms with van der Waals surface area (Å²) in [6.45, 7) is 3.80. The van der Waals surface area contributed by atoms with E-state index in [0.717, 1.165) is 6.26 Å². The minimum absolute atomic E-state index is 0.0446. The summed E-state index contributed by atoms with van der Waals surface area (Å²) in [5.41, 5.74) is 0. The second-order valence-corrected chi connectivity index (χ2v) is 4.09. The van der Waals surface area contributed by atoms with Crippen LogP contribution in [0.2, 0.25) is 0 Å². The molecule has 0 unspecified atom stereocenters. The molecule has 0 aliphatic rings. The minimum Gasteiger partial charge on any atom is -0.257 e. The van der Waals surface area contributed by atoms with E-state index in [-0.39, 0.29) is 12.5 Å². The lowest BCUT2D eigenvalue weighted by molar-refractivity contribution is 0.367. The third kappa shape index (κ3) is 9.47. The zero-order chi connectivity index (χ0) is 8.91. The van der Waals surface area contributed by atoms with E-state index in [1.54, 1.807) is 0 Å². The van der Waals surface area contributed by atoms with Gasteiger partial charge in [-0.2, -0.15) is 8.42 Å². The summed E-state index contributed by atoms with van der Waals surface area (Å²) in [6.07, 6.45) is 1.00. The Hall–Kier alpha value is -0.530. The van der Waals surface area contributed by atoms with Gasteiger partial charge in [0.15, 0.2) is 0 Å². The van der Waals surface area contributed by atoms with Crippen LogP contribution in [0.15, 0.2) is 0 Å². The molecule has 0 bridgehead atoms. The van der Waals surface area contributed by atoms with Gasteiger partial charge in [0.1, 0.15) is 6.61 Å². The van der Waals surface area contributed by atoms with E-state index in [1.807, 2.05) is 13.8 Å². The monoisotopic (exact) mass is 176 g/mol. The van der Waals surface area contributed by atoms with E-state index in [1.165, 1.54) is 0 Å². The highest BCUT2D eigenvalue weighted by molar-refractivity contribution is 7.85.